The second-order valence-electron chi connectivity index (χ2n) is 2.51. The molecule has 0 aliphatic rings. The lowest BCUT2D eigenvalue weighted by molar-refractivity contribution is 0.0985. The van der Waals surface area contributed by atoms with Gasteiger partial charge in [0.05, 0.1) is 11.9 Å². The molecule has 2 rings (SSSR count). The van der Waals surface area contributed by atoms with Crippen LogP contribution < -0.4 is 0 Å². The fraction of sp³-hybridized carbons (Fsp3) is 0.125. The second kappa shape index (κ2) is 3.49. The van der Waals surface area contributed by atoms with E-state index in [0.717, 1.165) is 4.88 Å². The predicted molar refractivity (Wildman–Crippen MR) is 48.7 cm³/mol. The Morgan fingerprint density at radius 2 is 2.54 bits per heavy atom. The van der Waals surface area contributed by atoms with Crippen LogP contribution in [-0.4, -0.2) is 20.7 Å². The van der Waals surface area contributed by atoms with Gasteiger partial charge in [0.1, 0.15) is 0 Å². The maximum absolute atomic E-state index is 11.5. The maximum atomic E-state index is 11.5. The van der Waals surface area contributed by atoms with Crippen LogP contribution in [0.2, 0.25) is 0 Å². The highest BCUT2D eigenvalue weighted by Gasteiger charge is 2.09. The van der Waals surface area contributed by atoms with Crippen molar-refractivity contribution < 1.29 is 4.79 Å². The number of hydrogen-bond donors (Lipinski definition) is 1. The van der Waals surface area contributed by atoms with Crippen molar-refractivity contribution in [3.05, 3.63) is 34.8 Å². The van der Waals surface area contributed by atoms with E-state index in [0.29, 0.717) is 12.2 Å². The number of carbonyl (C=O) groups is 1. The van der Waals surface area contributed by atoms with E-state index < -0.39 is 0 Å². The molecule has 0 spiro atoms. The van der Waals surface area contributed by atoms with Crippen LogP contribution >= 0.6 is 11.3 Å². The lowest BCUT2D eigenvalue weighted by Gasteiger charge is -1.92. The number of rotatable bonds is 3. The average Bonchev–Trinajstić information content (AvgIpc) is 2.74. The topological polar surface area (TPSA) is 58.6 Å². The lowest BCUT2D eigenvalue weighted by Crippen LogP contribution is -2.04. The molecular weight excluding hydrogens is 186 g/mol. The van der Waals surface area contributed by atoms with Gasteiger partial charge in [0.15, 0.2) is 5.82 Å². The zero-order valence-electron chi connectivity index (χ0n) is 6.73. The normalized spacial score (nSPS) is 10.2. The summed E-state index contributed by atoms with van der Waals surface area (Å²) in [5.41, 5.74) is 1.71. The minimum absolute atomic E-state index is 0.00532. The number of carbonyl (C=O) groups excluding carboxylic acids is 1. The summed E-state index contributed by atoms with van der Waals surface area (Å²) in [6.07, 6.45) is 5.28. The molecule has 0 unspecified atom stereocenters. The number of thiazole rings is 1. The highest BCUT2D eigenvalue weighted by atomic mass is 32.1. The van der Waals surface area contributed by atoms with Gasteiger partial charge in [-0.1, -0.05) is 0 Å². The Morgan fingerprint density at radius 3 is 3.15 bits per heavy atom. The monoisotopic (exact) mass is 193 g/mol. The third kappa shape index (κ3) is 1.81. The highest BCUT2D eigenvalue weighted by molar-refractivity contribution is 7.09. The minimum atomic E-state index is -0.00532. The quantitative estimate of drug-likeness (QED) is 0.747. The molecule has 0 aromatic carbocycles. The molecular formula is C8H7N3OS. The van der Waals surface area contributed by atoms with Crippen LogP contribution in [0, 0.1) is 0 Å². The van der Waals surface area contributed by atoms with Gasteiger partial charge in [0.25, 0.3) is 0 Å². The second-order valence-corrected chi connectivity index (χ2v) is 3.48. The van der Waals surface area contributed by atoms with Crippen molar-refractivity contribution in [3.8, 4) is 0 Å². The Hall–Kier alpha value is -1.49. The van der Waals surface area contributed by atoms with Crippen LogP contribution in [0.3, 0.4) is 0 Å². The van der Waals surface area contributed by atoms with Crippen LogP contribution in [0.4, 0.5) is 0 Å². The summed E-state index contributed by atoms with van der Waals surface area (Å²) in [7, 11) is 0. The van der Waals surface area contributed by atoms with E-state index in [1.165, 1.54) is 11.3 Å². The Bertz CT molecular complexity index is 379. The highest BCUT2D eigenvalue weighted by Crippen LogP contribution is 2.08. The van der Waals surface area contributed by atoms with Crippen molar-refractivity contribution in [2.45, 2.75) is 6.42 Å². The van der Waals surface area contributed by atoms with E-state index in [4.69, 9.17) is 0 Å². The molecule has 0 amide bonds. The minimum Gasteiger partial charge on any atom is -0.342 e. The first-order chi connectivity index (χ1) is 6.36. The van der Waals surface area contributed by atoms with Gasteiger partial charge in [0, 0.05) is 23.5 Å². The Labute approximate surface area is 78.7 Å². The predicted octanol–water partition coefficient (Wildman–Crippen LogP) is 1.29. The number of H-pyrrole nitrogens is 1. The van der Waals surface area contributed by atoms with Gasteiger partial charge in [0.2, 0.25) is 5.78 Å². The molecule has 0 aliphatic heterocycles. The van der Waals surface area contributed by atoms with Crippen molar-refractivity contribution in [2.24, 2.45) is 0 Å². The number of Topliss-reactive ketones (excluding diaryl/α,β-unsaturated/α-hetero) is 1. The molecule has 0 atom stereocenters. The molecule has 2 aromatic rings. The molecule has 0 fully saturated rings. The fourth-order valence-electron chi connectivity index (χ4n) is 0.989. The van der Waals surface area contributed by atoms with Crippen LogP contribution in [-0.2, 0) is 6.42 Å². The van der Waals surface area contributed by atoms with E-state index in [-0.39, 0.29) is 5.78 Å². The van der Waals surface area contributed by atoms with Crippen molar-refractivity contribution in [3.63, 3.8) is 0 Å². The third-order valence-electron chi connectivity index (χ3n) is 1.58. The third-order valence-corrected chi connectivity index (χ3v) is 2.36. The SMILES string of the molecule is O=C(Cc1cncs1)c1ncc[nH]1. The molecule has 4 nitrogen and oxygen atoms in total. The molecule has 0 aliphatic carbocycles. The van der Waals surface area contributed by atoms with Crippen molar-refractivity contribution in [1.82, 2.24) is 15.0 Å². The Balaban J connectivity index is 2.08. The van der Waals surface area contributed by atoms with Crippen LogP contribution in [0.25, 0.3) is 0 Å². The zero-order valence-corrected chi connectivity index (χ0v) is 7.54. The van der Waals surface area contributed by atoms with Gasteiger partial charge in [-0.25, -0.2) is 4.98 Å². The standard InChI is InChI=1S/C8H7N3OS/c12-7(8-10-1-2-11-8)3-6-4-9-5-13-6/h1-2,4-5H,3H2,(H,10,11). The zero-order chi connectivity index (χ0) is 9.10. The molecule has 2 heterocycles. The van der Waals surface area contributed by atoms with Gasteiger partial charge >= 0.3 is 0 Å². The summed E-state index contributed by atoms with van der Waals surface area (Å²) in [6, 6.07) is 0. The van der Waals surface area contributed by atoms with Crippen molar-refractivity contribution in [2.75, 3.05) is 0 Å². The summed E-state index contributed by atoms with van der Waals surface area (Å²) in [5, 5.41) is 0. The first kappa shape index (κ1) is 8.12. The number of imidazole rings is 1. The first-order valence-electron chi connectivity index (χ1n) is 3.76. The van der Waals surface area contributed by atoms with Crippen LogP contribution in [0.15, 0.2) is 24.1 Å². The summed E-state index contributed by atoms with van der Waals surface area (Å²) < 4.78 is 0. The van der Waals surface area contributed by atoms with E-state index >= 15 is 0 Å². The number of nitrogens with one attached hydrogen (secondary N) is 1. The first-order valence-corrected chi connectivity index (χ1v) is 4.64. The van der Waals surface area contributed by atoms with Gasteiger partial charge < -0.3 is 4.98 Å². The average molecular weight is 193 g/mol. The van der Waals surface area contributed by atoms with Gasteiger partial charge in [-0.2, -0.15) is 0 Å². The lowest BCUT2D eigenvalue weighted by atomic mass is 10.2. The summed E-state index contributed by atoms with van der Waals surface area (Å²) in [6.45, 7) is 0. The Morgan fingerprint density at radius 1 is 1.62 bits per heavy atom. The number of aromatic nitrogens is 3. The molecule has 0 radical (unpaired) electrons. The molecule has 0 saturated carbocycles. The van der Waals surface area contributed by atoms with E-state index in [2.05, 4.69) is 15.0 Å². The van der Waals surface area contributed by atoms with Crippen LogP contribution in [0.5, 0.6) is 0 Å². The van der Waals surface area contributed by atoms with Gasteiger partial charge in [-0.15, -0.1) is 11.3 Å². The van der Waals surface area contributed by atoms with Gasteiger partial charge in [-0.05, 0) is 0 Å². The molecule has 5 heteroatoms. The maximum Gasteiger partial charge on any atom is 0.203 e. The van der Waals surface area contributed by atoms with E-state index in [9.17, 15) is 4.79 Å². The largest absolute Gasteiger partial charge is 0.342 e. The fourth-order valence-corrected chi connectivity index (χ4v) is 1.58. The molecule has 1 N–H and O–H groups in total. The summed E-state index contributed by atoms with van der Waals surface area (Å²) >= 11 is 1.47. The number of hydrogen-bond acceptors (Lipinski definition) is 4. The van der Waals surface area contributed by atoms with Crippen LogP contribution in [0.1, 0.15) is 15.5 Å². The van der Waals surface area contributed by atoms with Crippen molar-refractivity contribution >= 4 is 17.1 Å². The molecule has 13 heavy (non-hydrogen) atoms. The molecule has 2 aromatic heterocycles. The Kier molecular flexibility index (Phi) is 2.18. The molecule has 0 bridgehead atoms. The van der Waals surface area contributed by atoms with Gasteiger partial charge in [-0.3, -0.25) is 9.78 Å². The number of ketones is 1. The summed E-state index contributed by atoms with van der Waals surface area (Å²) in [4.78, 5) is 23.0. The van der Waals surface area contributed by atoms with E-state index in [1.54, 1.807) is 24.1 Å². The number of nitrogens with zero attached hydrogens (tertiary/aromatic N) is 2. The van der Waals surface area contributed by atoms with E-state index in [1.807, 2.05) is 0 Å². The summed E-state index contributed by atoms with van der Waals surface area (Å²) in [5.74, 6) is 0.405. The molecule has 66 valence electrons. The molecule has 0 saturated heterocycles. The van der Waals surface area contributed by atoms with Crippen molar-refractivity contribution in [1.29, 1.82) is 0 Å². The smallest absolute Gasteiger partial charge is 0.203 e. The number of aromatic amines is 1.